The maximum Gasteiger partial charge on any atom is 0.0561 e. The molecule has 2 fully saturated rings. The molecule has 2 aliphatic rings. The molecule has 0 aromatic heterocycles. The van der Waals surface area contributed by atoms with Crippen molar-refractivity contribution >= 4 is 8.15 Å². The van der Waals surface area contributed by atoms with Crippen LogP contribution in [0.5, 0.6) is 0 Å². The number of hydrogen-bond acceptors (Lipinski definition) is 1. The predicted molar refractivity (Wildman–Crippen MR) is 76.9 cm³/mol. The number of hydrogen-bond donors (Lipinski definition) is 0. The Morgan fingerprint density at radius 2 is 1.18 bits per heavy atom. The fraction of sp³-hybridized carbons (Fsp3) is 1.00. The van der Waals surface area contributed by atoms with E-state index < -0.39 is 0 Å². The van der Waals surface area contributed by atoms with Gasteiger partial charge in [0.1, 0.15) is 0 Å². The van der Waals surface area contributed by atoms with Crippen LogP contribution in [0.3, 0.4) is 0 Å². The maximum atomic E-state index is 6.39. The van der Waals surface area contributed by atoms with Crippen molar-refractivity contribution in [1.82, 2.24) is 0 Å². The van der Waals surface area contributed by atoms with Crippen LogP contribution in [0.2, 0.25) is 0 Å². The van der Waals surface area contributed by atoms with Crippen LogP contribution >= 0.6 is 8.15 Å². The molecular formula is C15H29OP. The normalized spacial score (nSPS) is 24.7. The Morgan fingerprint density at radius 1 is 0.765 bits per heavy atom. The molecule has 2 saturated carbocycles. The molecule has 2 rings (SSSR count). The van der Waals surface area contributed by atoms with E-state index in [0.29, 0.717) is 6.10 Å². The molecule has 0 radical (unpaired) electrons. The first-order valence-corrected chi connectivity index (χ1v) is 9.12. The summed E-state index contributed by atoms with van der Waals surface area (Å²) in [5.41, 5.74) is 1.87. The van der Waals surface area contributed by atoms with Gasteiger partial charge in [0.2, 0.25) is 0 Å². The molecule has 2 heteroatoms. The third-order valence-corrected chi connectivity index (χ3v) is 7.34. The lowest BCUT2D eigenvalue weighted by molar-refractivity contribution is 0.254. The molecule has 0 aliphatic heterocycles. The van der Waals surface area contributed by atoms with Gasteiger partial charge < -0.3 is 4.52 Å². The third kappa shape index (κ3) is 4.21. The summed E-state index contributed by atoms with van der Waals surface area (Å²) in [4.78, 5) is 0. The van der Waals surface area contributed by atoms with Gasteiger partial charge in [0.05, 0.1) is 6.10 Å². The summed E-state index contributed by atoms with van der Waals surface area (Å²) in [6.07, 6.45) is 15.0. The summed E-state index contributed by atoms with van der Waals surface area (Å²) in [5, 5.41) is 0. The van der Waals surface area contributed by atoms with Crippen molar-refractivity contribution in [3.8, 4) is 0 Å². The van der Waals surface area contributed by atoms with Gasteiger partial charge in [-0.25, -0.2) is 0 Å². The second-order valence-electron chi connectivity index (χ2n) is 6.10. The third-order valence-electron chi connectivity index (χ3n) is 4.20. The first-order valence-electron chi connectivity index (χ1n) is 7.72. The Hall–Kier alpha value is 0.390. The highest BCUT2D eigenvalue weighted by molar-refractivity contribution is 7.54. The molecule has 0 aromatic rings. The summed E-state index contributed by atoms with van der Waals surface area (Å²) in [6, 6.07) is 0. The molecule has 17 heavy (non-hydrogen) atoms. The SMILES string of the molecule is CC(C)OP(C1CCCCC1)C1CCCCC1. The van der Waals surface area contributed by atoms with E-state index in [-0.39, 0.29) is 8.15 Å². The van der Waals surface area contributed by atoms with Gasteiger partial charge in [0, 0.05) is 19.5 Å². The highest BCUT2D eigenvalue weighted by Gasteiger charge is 2.32. The van der Waals surface area contributed by atoms with E-state index >= 15 is 0 Å². The molecule has 0 aromatic carbocycles. The van der Waals surface area contributed by atoms with E-state index in [1.54, 1.807) is 0 Å². The van der Waals surface area contributed by atoms with Gasteiger partial charge in [-0.05, 0) is 39.5 Å². The Bertz CT molecular complexity index is 187. The van der Waals surface area contributed by atoms with Crippen LogP contribution in [0.1, 0.15) is 78.1 Å². The van der Waals surface area contributed by atoms with Crippen molar-refractivity contribution in [2.45, 2.75) is 95.5 Å². The van der Waals surface area contributed by atoms with E-state index in [1.165, 1.54) is 64.2 Å². The Kier molecular flexibility index (Phi) is 5.77. The average Bonchev–Trinajstić information content (AvgIpc) is 2.38. The molecule has 0 spiro atoms. The quantitative estimate of drug-likeness (QED) is 0.606. The summed E-state index contributed by atoms with van der Waals surface area (Å²) in [5.74, 6) is 0. The molecule has 0 N–H and O–H groups in total. The van der Waals surface area contributed by atoms with Crippen molar-refractivity contribution < 1.29 is 4.52 Å². The van der Waals surface area contributed by atoms with Gasteiger partial charge in [-0.2, -0.15) is 0 Å². The zero-order chi connectivity index (χ0) is 12.1. The molecule has 2 aliphatic carbocycles. The van der Waals surface area contributed by atoms with E-state index in [1.807, 2.05) is 0 Å². The maximum absolute atomic E-state index is 6.39. The minimum atomic E-state index is -0.136. The van der Waals surface area contributed by atoms with Crippen LogP contribution in [-0.4, -0.2) is 17.4 Å². The molecule has 0 unspecified atom stereocenters. The average molecular weight is 256 g/mol. The topological polar surface area (TPSA) is 9.23 Å². The standard InChI is InChI=1S/C15H29OP/c1-13(2)16-17(14-9-5-3-6-10-14)15-11-7-4-8-12-15/h13-15H,3-12H2,1-2H3. The van der Waals surface area contributed by atoms with E-state index in [2.05, 4.69) is 13.8 Å². The van der Waals surface area contributed by atoms with Gasteiger partial charge in [0.15, 0.2) is 0 Å². The van der Waals surface area contributed by atoms with Crippen molar-refractivity contribution in [3.63, 3.8) is 0 Å². The Labute approximate surface area is 109 Å². The van der Waals surface area contributed by atoms with Crippen LogP contribution in [0.15, 0.2) is 0 Å². The molecule has 0 amide bonds. The molecule has 0 bridgehead atoms. The fourth-order valence-corrected chi connectivity index (χ4v) is 6.56. The van der Waals surface area contributed by atoms with Crippen molar-refractivity contribution in [2.24, 2.45) is 0 Å². The van der Waals surface area contributed by atoms with Crippen LogP contribution in [-0.2, 0) is 4.52 Å². The lowest BCUT2D eigenvalue weighted by atomic mass is 10.00. The fourth-order valence-electron chi connectivity index (χ4n) is 3.38. The van der Waals surface area contributed by atoms with Gasteiger partial charge in [-0.3, -0.25) is 0 Å². The molecule has 1 nitrogen and oxygen atoms in total. The van der Waals surface area contributed by atoms with Crippen molar-refractivity contribution in [2.75, 3.05) is 0 Å². The first kappa shape index (κ1) is 13.8. The highest BCUT2D eigenvalue weighted by atomic mass is 31.1. The molecule has 0 atom stereocenters. The summed E-state index contributed by atoms with van der Waals surface area (Å²) in [7, 11) is -0.136. The van der Waals surface area contributed by atoms with Gasteiger partial charge in [-0.15, -0.1) is 0 Å². The summed E-state index contributed by atoms with van der Waals surface area (Å²) in [6.45, 7) is 4.45. The van der Waals surface area contributed by atoms with Crippen LogP contribution in [0, 0.1) is 0 Å². The smallest absolute Gasteiger partial charge is 0.0561 e. The number of rotatable bonds is 4. The van der Waals surface area contributed by atoms with E-state index in [0.717, 1.165) is 11.3 Å². The predicted octanol–water partition coefficient (Wildman–Crippen LogP) is 5.47. The molecule has 0 saturated heterocycles. The Morgan fingerprint density at radius 3 is 1.53 bits per heavy atom. The first-order chi connectivity index (χ1) is 8.27. The van der Waals surface area contributed by atoms with Gasteiger partial charge >= 0.3 is 0 Å². The zero-order valence-corrected chi connectivity index (χ0v) is 12.6. The lowest BCUT2D eigenvalue weighted by Gasteiger charge is -2.38. The second-order valence-corrected chi connectivity index (χ2v) is 8.49. The lowest BCUT2D eigenvalue weighted by Crippen LogP contribution is -2.23. The van der Waals surface area contributed by atoms with E-state index in [4.69, 9.17) is 4.52 Å². The van der Waals surface area contributed by atoms with Crippen LogP contribution < -0.4 is 0 Å². The molecular weight excluding hydrogens is 227 g/mol. The van der Waals surface area contributed by atoms with Gasteiger partial charge in [0.25, 0.3) is 0 Å². The largest absolute Gasteiger partial charge is 0.356 e. The minimum Gasteiger partial charge on any atom is -0.356 e. The molecule has 0 heterocycles. The van der Waals surface area contributed by atoms with Crippen molar-refractivity contribution in [3.05, 3.63) is 0 Å². The monoisotopic (exact) mass is 256 g/mol. The van der Waals surface area contributed by atoms with Gasteiger partial charge in [-0.1, -0.05) is 38.5 Å². The second kappa shape index (κ2) is 7.10. The molecule has 100 valence electrons. The zero-order valence-electron chi connectivity index (χ0n) is 11.7. The van der Waals surface area contributed by atoms with Crippen LogP contribution in [0.4, 0.5) is 0 Å². The highest BCUT2D eigenvalue weighted by Crippen LogP contribution is 2.57. The van der Waals surface area contributed by atoms with Crippen LogP contribution in [0.25, 0.3) is 0 Å². The van der Waals surface area contributed by atoms with Crippen molar-refractivity contribution in [1.29, 1.82) is 0 Å². The van der Waals surface area contributed by atoms with E-state index in [9.17, 15) is 0 Å². The minimum absolute atomic E-state index is 0.136. The summed E-state index contributed by atoms with van der Waals surface area (Å²) >= 11 is 0. The summed E-state index contributed by atoms with van der Waals surface area (Å²) < 4.78 is 6.39. The Balaban J connectivity index is 1.95.